The number of aromatic nitrogens is 2. The highest BCUT2D eigenvalue weighted by Gasteiger charge is 2.15. The smallest absolute Gasteiger partial charge is 0.232 e. The van der Waals surface area contributed by atoms with E-state index in [1.54, 1.807) is 13.3 Å². The lowest BCUT2D eigenvalue weighted by atomic mass is 10.3. The van der Waals surface area contributed by atoms with Gasteiger partial charge in [-0.1, -0.05) is 0 Å². The largest absolute Gasteiger partial charge is 0.480 e. The monoisotopic (exact) mass is 351 g/mol. The molecule has 0 fully saturated rings. The fourth-order valence-corrected chi connectivity index (χ4v) is 1.99. The Morgan fingerprint density at radius 3 is 2.74 bits per heavy atom. The van der Waals surface area contributed by atoms with E-state index in [9.17, 15) is 0 Å². The number of halogens is 2. The fourth-order valence-electron chi connectivity index (χ4n) is 1.53. The zero-order chi connectivity index (χ0) is 14.3. The summed E-state index contributed by atoms with van der Waals surface area (Å²) in [7, 11) is 1.58. The van der Waals surface area contributed by atoms with E-state index >= 15 is 0 Å². The van der Waals surface area contributed by atoms with Gasteiger partial charge in [0.25, 0.3) is 0 Å². The Morgan fingerprint density at radius 2 is 2.16 bits per heavy atom. The molecule has 0 N–H and O–H groups in total. The van der Waals surface area contributed by atoms with Gasteiger partial charge < -0.3 is 14.4 Å². The number of nitrogens with zero attached hydrogens (tertiary/aromatic N) is 3. The lowest BCUT2D eigenvalue weighted by Crippen LogP contribution is -2.35. The molecule has 0 saturated carbocycles. The number of anilines is 1. The number of methoxy groups -OCH3 is 1. The molecule has 1 heterocycles. The Bertz CT molecular complexity index is 393. The van der Waals surface area contributed by atoms with Crippen molar-refractivity contribution < 1.29 is 9.47 Å². The van der Waals surface area contributed by atoms with E-state index in [1.165, 1.54) is 0 Å². The average Bonchev–Trinajstić information content (AvgIpc) is 2.39. The highest BCUT2D eigenvalue weighted by Crippen LogP contribution is 2.24. The maximum Gasteiger partial charge on any atom is 0.232 e. The minimum Gasteiger partial charge on any atom is -0.480 e. The summed E-state index contributed by atoms with van der Waals surface area (Å²) in [5, 5.41) is 0. The van der Waals surface area contributed by atoms with Crippen molar-refractivity contribution in [2.75, 3.05) is 37.6 Å². The van der Waals surface area contributed by atoms with E-state index in [1.807, 2.05) is 0 Å². The summed E-state index contributed by atoms with van der Waals surface area (Å²) < 4.78 is 11.3. The first-order valence-electron chi connectivity index (χ1n) is 6.07. The second kappa shape index (κ2) is 8.55. The van der Waals surface area contributed by atoms with Gasteiger partial charge >= 0.3 is 0 Å². The van der Waals surface area contributed by atoms with Crippen molar-refractivity contribution in [3.8, 4) is 5.88 Å². The quantitative estimate of drug-likeness (QED) is 0.532. The lowest BCUT2D eigenvalue weighted by molar-refractivity contribution is 0.154. The molecule has 7 heteroatoms. The van der Waals surface area contributed by atoms with Gasteiger partial charge in [0.05, 0.1) is 31.0 Å². The van der Waals surface area contributed by atoms with E-state index in [4.69, 9.17) is 21.1 Å². The highest BCUT2D eigenvalue weighted by molar-refractivity contribution is 9.10. The van der Waals surface area contributed by atoms with Crippen molar-refractivity contribution in [3.63, 3.8) is 0 Å². The van der Waals surface area contributed by atoms with Crippen LogP contribution in [0.3, 0.4) is 0 Å². The van der Waals surface area contributed by atoms with Gasteiger partial charge in [0.15, 0.2) is 0 Å². The molecule has 1 aromatic rings. The van der Waals surface area contributed by atoms with Crippen LogP contribution >= 0.6 is 27.5 Å². The van der Waals surface area contributed by atoms with Crippen molar-refractivity contribution in [1.82, 2.24) is 9.97 Å². The lowest BCUT2D eigenvalue weighted by Gasteiger charge is -2.26. The molecule has 0 radical (unpaired) electrons. The molecule has 0 aliphatic rings. The van der Waals surface area contributed by atoms with Crippen LogP contribution in [0, 0.1) is 0 Å². The Morgan fingerprint density at radius 1 is 1.42 bits per heavy atom. The average molecular weight is 353 g/mol. The first-order chi connectivity index (χ1) is 9.10. The second-order valence-electron chi connectivity index (χ2n) is 4.12. The molecule has 5 nitrogen and oxygen atoms in total. The van der Waals surface area contributed by atoms with E-state index < -0.39 is 0 Å². The Balaban J connectivity index is 2.75. The fraction of sp³-hybridized carbons (Fsp3) is 0.667. The van der Waals surface area contributed by atoms with Crippen LogP contribution in [-0.2, 0) is 4.74 Å². The maximum atomic E-state index is 5.57. The zero-order valence-electron chi connectivity index (χ0n) is 11.4. The minimum atomic E-state index is 0.269. The number of ether oxygens (including phenoxy) is 2. The Kier molecular flexibility index (Phi) is 7.41. The summed E-state index contributed by atoms with van der Waals surface area (Å²) in [6.07, 6.45) is 1.69. The molecular formula is C12H19BrClN3O2. The van der Waals surface area contributed by atoms with E-state index in [2.05, 4.69) is 44.6 Å². The molecule has 0 aliphatic carbocycles. The molecule has 0 spiro atoms. The number of alkyl halides is 1. The topological polar surface area (TPSA) is 47.5 Å². The van der Waals surface area contributed by atoms with Crippen LogP contribution in [0.25, 0.3) is 0 Å². The second-order valence-corrected chi connectivity index (χ2v) is 5.35. The van der Waals surface area contributed by atoms with Crippen molar-refractivity contribution >= 4 is 33.5 Å². The van der Waals surface area contributed by atoms with Gasteiger partial charge in [-0.05, 0) is 29.8 Å². The standard InChI is InChI=1S/C12H19BrClN3O2/c1-9(2)17(5-7-19-6-4-14)12-15-8-10(13)11(16-12)18-3/h8-9H,4-7H2,1-3H3. The van der Waals surface area contributed by atoms with Gasteiger partial charge in [-0.3, -0.25) is 0 Å². The molecule has 108 valence electrons. The highest BCUT2D eigenvalue weighted by atomic mass is 79.9. The molecule has 1 rings (SSSR count). The first kappa shape index (κ1) is 16.5. The van der Waals surface area contributed by atoms with Crippen LogP contribution in [0.15, 0.2) is 10.7 Å². The third-order valence-electron chi connectivity index (χ3n) is 2.47. The molecule has 0 amide bonds. The SMILES string of the molecule is COc1nc(N(CCOCCCl)C(C)C)ncc1Br. The van der Waals surface area contributed by atoms with Gasteiger partial charge in [-0.2, -0.15) is 4.98 Å². The molecule has 0 unspecified atom stereocenters. The number of rotatable bonds is 8. The van der Waals surface area contributed by atoms with Crippen LogP contribution in [0.1, 0.15) is 13.8 Å². The van der Waals surface area contributed by atoms with Crippen LogP contribution in [0.4, 0.5) is 5.95 Å². The van der Waals surface area contributed by atoms with Gasteiger partial charge in [-0.25, -0.2) is 4.98 Å². The predicted octanol–water partition coefficient (Wildman–Crippen LogP) is 2.72. The third kappa shape index (κ3) is 5.12. The Labute approximate surface area is 127 Å². The van der Waals surface area contributed by atoms with Crippen LogP contribution in [0.2, 0.25) is 0 Å². The van der Waals surface area contributed by atoms with Crippen LogP contribution in [0.5, 0.6) is 5.88 Å². The summed E-state index contributed by atoms with van der Waals surface area (Å²) in [4.78, 5) is 10.7. The molecular weight excluding hydrogens is 334 g/mol. The van der Waals surface area contributed by atoms with Gasteiger partial charge in [0, 0.05) is 18.5 Å². The molecule has 19 heavy (non-hydrogen) atoms. The third-order valence-corrected chi connectivity index (χ3v) is 3.17. The molecule has 1 aromatic heterocycles. The summed E-state index contributed by atoms with van der Waals surface area (Å²) in [6.45, 7) is 6.02. The van der Waals surface area contributed by atoms with E-state index in [-0.39, 0.29) is 6.04 Å². The number of hydrogen-bond donors (Lipinski definition) is 0. The summed E-state index contributed by atoms with van der Waals surface area (Å²) in [5.41, 5.74) is 0. The van der Waals surface area contributed by atoms with Crippen molar-refractivity contribution in [3.05, 3.63) is 10.7 Å². The maximum absolute atomic E-state index is 5.57. The summed E-state index contributed by atoms with van der Waals surface area (Å²) in [5.74, 6) is 1.66. The Hall–Kier alpha value is -0.590. The normalized spacial score (nSPS) is 10.8. The van der Waals surface area contributed by atoms with Gasteiger partial charge in [0.2, 0.25) is 11.8 Å². The molecule has 0 atom stereocenters. The van der Waals surface area contributed by atoms with Crippen molar-refractivity contribution in [2.24, 2.45) is 0 Å². The van der Waals surface area contributed by atoms with Gasteiger partial charge in [0.1, 0.15) is 0 Å². The molecule has 0 bridgehead atoms. The molecule has 0 aromatic carbocycles. The number of hydrogen-bond acceptors (Lipinski definition) is 5. The van der Waals surface area contributed by atoms with E-state index in [0.717, 1.165) is 4.47 Å². The van der Waals surface area contributed by atoms with Crippen molar-refractivity contribution in [1.29, 1.82) is 0 Å². The van der Waals surface area contributed by atoms with Crippen LogP contribution in [-0.4, -0.2) is 48.8 Å². The van der Waals surface area contributed by atoms with Gasteiger partial charge in [-0.15, -0.1) is 11.6 Å². The predicted molar refractivity (Wildman–Crippen MR) is 80.3 cm³/mol. The van der Waals surface area contributed by atoms with Crippen molar-refractivity contribution in [2.45, 2.75) is 19.9 Å². The molecule has 0 saturated heterocycles. The molecule has 0 aliphatic heterocycles. The summed E-state index contributed by atoms with van der Waals surface area (Å²) in [6, 6.07) is 0.269. The summed E-state index contributed by atoms with van der Waals surface area (Å²) >= 11 is 8.91. The van der Waals surface area contributed by atoms with E-state index in [0.29, 0.717) is 37.5 Å². The van der Waals surface area contributed by atoms with Crippen LogP contribution < -0.4 is 9.64 Å². The first-order valence-corrected chi connectivity index (χ1v) is 7.39. The minimum absolute atomic E-state index is 0.269. The zero-order valence-corrected chi connectivity index (χ0v) is 13.7.